The number of hydrogen-bond acceptors (Lipinski definition) is 2. The lowest BCUT2D eigenvalue weighted by Crippen LogP contribution is -2.38. The van der Waals surface area contributed by atoms with Crippen LogP contribution in [0.1, 0.15) is 12.8 Å². The topological polar surface area (TPSA) is 12.5 Å². The van der Waals surface area contributed by atoms with Gasteiger partial charge < -0.3 is 4.74 Å². The largest absolute Gasteiger partial charge is 0.492 e. The Labute approximate surface area is 138 Å². The van der Waals surface area contributed by atoms with Crippen LogP contribution < -0.4 is 4.74 Å². The summed E-state index contributed by atoms with van der Waals surface area (Å²) in [6.07, 6.45) is -0.342. The van der Waals surface area contributed by atoms with Crippen molar-refractivity contribution in [1.29, 1.82) is 0 Å². The van der Waals surface area contributed by atoms with E-state index >= 15 is 0 Å². The average Bonchev–Trinajstić information content (AvgIpc) is 2.39. The van der Waals surface area contributed by atoms with E-state index in [0.29, 0.717) is 12.5 Å². The molecule has 1 aromatic rings. The lowest BCUT2D eigenvalue weighted by Gasteiger charge is -2.31. The molecule has 114 valence electrons. The number of likely N-dealkylation sites (tertiary alicyclic amines) is 1. The van der Waals surface area contributed by atoms with Crippen molar-refractivity contribution in [3.05, 3.63) is 27.8 Å². The fraction of sp³-hybridized carbons (Fsp3) is 0.571. The highest BCUT2D eigenvalue weighted by Gasteiger charge is 2.21. The van der Waals surface area contributed by atoms with Gasteiger partial charge in [-0.2, -0.15) is 0 Å². The summed E-state index contributed by atoms with van der Waals surface area (Å²) in [7, 11) is 0. The van der Waals surface area contributed by atoms with Crippen LogP contribution >= 0.6 is 35.0 Å². The first-order valence-electron chi connectivity index (χ1n) is 6.53. The number of ether oxygens (including phenoxy) is 1. The second-order valence-corrected chi connectivity index (χ2v) is 6.04. The van der Waals surface area contributed by atoms with Gasteiger partial charge >= 0.3 is 0 Å². The number of alkyl halides is 2. The molecular weight excluding hydrogens is 399 g/mol. The minimum Gasteiger partial charge on any atom is -0.492 e. The van der Waals surface area contributed by atoms with Gasteiger partial charge in [0.05, 0.1) is 16.7 Å². The zero-order valence-corrected chi connectivity index (χ0v) is 14.1. The third kappa shape index (κ3) is 5.69. The molecule has 2 rings (SSSR count). The molecule has 0 saturated carbocycles. The van der Waals surface area contributed by atoms with Gasteiger partial charge in [-0.15, -0.1) is 12.4 Å². The van der Waals surface area contributed by atoms with Gasteiger partial charge in [0.15, 0.2) is 0 Å². The second-order valence-electron chi connectivity index (χ2n) is 4.88. The Hall–Kier alpha value is -0.140. The Morgan fingerprint density at radius 1 is 1.25 bits per heavy atom. The van der Waals surface area contributed by atoms with Gasteiger partial charge in [0.1, 0.15) is 5.75 Å². The summed E-state index contributed by atoms with van der Waals surface area (Å²) in [4.78, 5) is 1.84. The maximum absolute atomic E-state index is 12.3. The van der Waals surface area contributed by atoms with Crippen molar-refractivity contribution >= 4 is 35.0 Å². The van der Waals surface area contributed by atoms with E-state index in [1.807, 2.05) is 29.2 Å². The summed E-state index contributed by atoms with van der Waals surface area (Å²) in [5, 5.41) is 0. The first-order chi connectivity index (χ1) is 9.15. The number of nitrogens with zero attached hydrogens (tertiary/aromatic N) is 1. The molecule has 0 spiro atoms. The molecule has 1 aliphatic rings. The zero-order chi connectivity index (χ0) is 13.7. The highest BCUT2D eigenvalue weighted by atomic mass is 127. The monoisotopic (exact) mass is 417 g/mol. The molecule has 2 nitrogen and oxygen atoms in total. The minimum absolute atomic E-state index is 0. The number of para-hydroxylation sites is 1. The van der Waals surface area contributed by atoms with Gasteiger partial charge in [0.2, 0.25) is 0 Å². The molecule has 0 unspecified atom stereocenters. The van der Waals surface area contributed by atoms with Crippen molar-refractivity contribution in [3.8, 4) is 5.75 Å². The second kappa shape index (κ2) is 9.00. The Balaban J connectivity index is 0.00000200. The first-order valence-corrected chi connectivity index (χ1v) is 7.61. The molecule has 0 aliphatic carbocycles. The van der Waals surface area contributed by atoms with Gasteiger partial charge in [0.25, 0.3) is 6.43 Å². The van der Waals surface area contributed by atoms with Crippen molar-refractivity contribution < 1.29 is 13.5 Å². The fourth-order valence-electron chi connectivity index (χ4n) is 2.30. The predicted molar refractivity (Wildman–Crippen MR) is 87.1 cm³/mol. The van der Waals surface area contributed by atoms with Crippen LogP contribution in [0.5, 0.6) is 5.75 Å². The number of benzene rings is 1. The van der Waals surface area contributed by atoms with Crippen LogP contribution in [0.25, 0.3) is 0 Å². The summed E-state index contributed by atoms with van der Waals surface area (Å²) in [6, 6.07) is 7.93. The van der Waals surface area contributed by atoms with Gasteiger partial charge in [-0.3, -0.25) is 4.90 Å². The van der Waals surface area contributed by atoms with E-state index in [2.05, 4.69) is 22.6 Å². The summed E-state index contributed by atoms with van der Waals surface area (Å²) in [5.41, 5.74) is 0. The molecule has 0 radical (unpaired) electrons. The van der Waals surface area contributed by atoms with Crippen molar-refractivity contribution in [2.45, 2.75) is 19.3 Å². The van der Waals surface area contributed by atoms with Crippen LogP contribution in [0.4, 0.5) is 8.78 Å². The van der Waals surface area contributed by atoms with Crippen molar-refractivity contribution in [1.82, 2.24) is 4.90 Å². The third-order valence-electron chi connectivity index (χ3n) is 3.41. The summed E-state index contributed by atoms with van der Waals surface area (Å²) < 4.78 is 31.5. The quantitative estimate of drug-likeness (QED) is 0.670. The van der Waals surface area contributed by atoms with Crippen LogP contribution in [-0.2, 0) is 0 Å². The third-order valence-corrected chi connectivity index (χ3v) is 4.31. The lowest BCUT2D eigenvalue weighted by atomic mass is 9.98. The highest BCUT2D eigenvalue weighted by Crippen LogP contribution is 2.23. The molecular formula is C14H19ClF2INO. The van der Waals surface area contributed by atoms with Gasteiger partial charge in [0, 0.05) is 0 Å². The van der Waals surface area contributed by atoms with E-state index in [-0.39, 0.29) is 19.0 Å². The highest BCUT2D eigenvalue weighted by molar-refractivity contribution is 14.1. The molecule has 0 amide bonds. The Morgan fingerprint density at radius 3 is 2.50 bits per heavy atom. The Morgan fingerprint density at radius 2 is 1.90 bits per heavy atom. The van der Waals surface area contributed by atoms with Crippen LogP contribution in [0.3, 0.4) is 0 Å². The standard InChI is InChI=1S/C14H18F2INO.ClH/c15-14(16)9-18-7-5-11(6-8-18)10-19-13-4-2-1-3-12(13)17;/h1-4,11,14H,5-10H2;1H. The summed E-state index contributed by atoms with van der Waals surface area (Å²) in [5.74, 6) is 1.39. The molecule has 6 heteroatoms. The molecule has 20 heavy (non-hydrogen) atoms. The summed E-state index contributed by atoms with van der Waals surface area (Å²) >= 11 is 2.25. The van der Waals surface area contributed by atoms with Crippen molar-refractivity contribution in [2.75, 3.05) is 26.2 Å². The van der Waals surface area contributed by atoms with E-state index in [1.165, 1.54) is 0 Å². The van der Waals surface area contributed by atoms with E-state index < -0.39 is 6.43 Å². The molecule has 1 heterocycles. The molecule has 0 N–H and O–H groups in total. The molecule has 0 aromatic heterocycles. The van der Waals surface area contributed by atoms with E-state index in [0.717, 1.165) is 35.3 Å². The zero-order valence-electron chi connectivity index (χ0n) is 11.1. The molecule has 0 atom stereocenters. The SMILES string of the molecule is Cl.FC(F)CN1CCC(COc2ccccc2I)CC1. The fourth-order valence-corrected chi connectivity index (χ4v) is 2.84. The van der Waals surface area contributed by atoms with Crippen LogP contribution in [0.15, 0.2) is 24.3 Å². The van der Waals surface area contributed by atoms with Crippen molar-refractivity contribution in [3.63, 3.8) is 0 Å². The van der Waals surface area contributed by atoms with Gasteiger partial charge in [-0.05, 0) is 66.6 Å². The molecule has 1 saturated heterocycles. The smallest absolute Gasteiger partial charge is 0.251 e. The average molecular weight is 418 g/mol. The van der Waals surface area contributed by atoms with Gasteiger partial charge in [-0.25, -0.2) is 8.78 Å². The molecule has 0 bridgehead atoms. The molecule has 1 aliphatic heterocycles. The van der Waals surface area contributed by atoms with Crippen LogP contribution in [-0.4, -0.2) is 37.6 Å². The van der Waals surface area contributed by atoms with E-state index in [4.69, 9.17) is 4.74 Å². The minimum atomic E-state index is -2.22. The molecule has 1 aromatic carbocycles. The number of halogens is 4. The molecule has 1 fully saturated rings. The van der Waals surface area contributed by atoms with Crippen LogP contribution in [0.2, 0.25) is 0 Å². The predicted octanol–water partition coefficient (Wildman–Crippen LogP) is 4.07. The Bertz CT molecular complexity index is 401. The maximum Gasteiger partial charge on any atom is 0.251 e. The van der Waals surface area contributed by atoms with Crippen LogP contribution in [0, 0.1) is 9.49 Å². The lowest BCUT2D eigenvalue weighted by molar-refractivity contribution is 0.0619. The van der Waals surface area contributed by atoms with Gasteiger partial charge in [-0.1, -0.05) is 12.1 Å². The number of piperidine rings is 1. The van der Waals surface area contributed by atoms with E-state index in [9.17, 15) is 8.78 Å². The maximum atomic E-state index is 12.3. The Kier molecular flexibility index (Phi) is 8.06. The first kappa shape index (κ1) is 17.9. The number of hydrogen-bond donors (Lipinski definition) is 0. The van der Waals surface area contributed by atoms with Crippen molar-refractivity contribution in [2.24, 2.45) is 5.92 Å². The number of rotatable bonds is 5. The van der Waals surface area contributed by atoms with E-state index in [1.54, 1.807) is 0 Å². The summed E-state index contributed by atoms with van der Waals surface area (Å²) in [6.45, 7) is 2.10. The normalized spacial score (nSPS) is 17.0.